The lowest BCUT2D eigenvalue weighted by Crippen LogP contribution is -2.02. The highest BCUT2D eigenvalue weighted by atomic mass is 15.4. The summed E-state index contributed by atoms with van der Waals surface area (Å²) >= 11 is 0. The van der Waals surface area contributed by atoms with Crippen LogP contribution in [-0.4, -0.2) is 15.0 Å². The molecular formula is C14H16N4. The molecule has 2 aromatic rings. The number of unbranched alkanes of at least 4 members (excludes halogenated alkanes) is 1. The van der Waals surface area contributed by atoms with Crippen molar-refractivity contribution in [3.8, 4) is 17.3 Å². The van der Waals surface area contributed by atoms with Crippen molar-refractivity contribution in [2.24, 2.45) is 0 Å². The quantitative estimate of drug-likeness (QED) is 0.825. The van der Waals surface area contributed by atoms with Gasteiger partial charge in [0.1, 0.15) is 11.8 Å². The number of aryl methyl sites for hydroxylation is 2. The third kappa shape index (κ3) is 2.40. The molecule has 0 radical (unpaired) electrons. The number of nitriles is 1. The number of benzene rings is 1. The van der Waals surface area contributed by atoms with Crippen LogP contribution in [0.3, 0.4) is 0 Å². The second kappa shape index (κ2) is 5.46. The third-order valence-electron chi connectivity index (χ3n) is 2.86. The number of aromatic nitrogens is 3. The van der Waals surface area contributed by atoms with Crippen molar-refractivity contribution in [3.05, 3.63) is 35.5 Å². The van der Waals surface area contributed by atoms with Crippen LogP contribution in [0.25, 0.3) is 11.3 Å². The van der Waals surface area contributed by atoms with E-state index >= 15 is 0 Å². The molecule has 0 spiro atoms. The average molecular weight is 240 g/mol. The number of hydrogen-bond acceptors (Lipinski definition) is 3. The lowest BCUT2D eigenvalue weighted by Gasteiger charge is -2.06. The van der Waals surface area contributed by atoms with Crippen molar-refractivity contribution >= 4 is 0 Å². The van der Waals surface area contributed by atoms with E-state index in [-0.39, 0.29) is 0 Å². The summed E-state index contributed by atoms with van der Waals surface area (Å²) in [6.45, 7) is 4.97. The van der Waals surface area contributed by atoms with Gasteiger partial charge in [0.2, 0.25) is 0 Å². The SMILES string of the molecule is CCCCn1nnc(C#N)c1-c1cccc(C)c1. The van der Waals surface area contributed by atoms with Crippen LogP contribution in [0.2, 0.25) is 0 Å². The fourth-order valence-electron chi connectivity index (χ4n) is 1.93. The van der Waals surface area contributed by atoms with Gasteiger partial charge in [0.25, 0.3) is 0 Å². The maximum atomic E-state index is 9.12. The van der Waals surface area contributed by atoms with E-state index in [0.717, 1.165) is 30.6 Å². The fraction of sp³-hybridized carbons (Fsp3) is 0.357. The molecule has 1 aromatic heterocycles. The molecule has 18 heavy (non-hydrogen) atoms. The molecule has 0 aliphatic heterocycles. The van der Waals surface area contributed by atoms with E-state index in [0.29, 0.717) is 5.69 Å². The van der Waals surface area contributed by atoms with Crippen LogP contribution in [0.15, 0.2) is 24.3 Å². The van der Waals surface area contributed by atoms with Gasteiger partial charge >= 0.3 is 0 Å². The molecule has 0 bridgehead atoms. The Labute approximate surface area is 107 Å². The summed E-state index contributed by atoms with van der Waals surface area (Å²) in [5.74, 6) is 0. The second-order valence-electron chi connectivity index (χ2n) is 4.34. The standard InChI is InChI=1S/C14H16N4/c1-3-4-8-18-14(13(10-15)16-17-18)12-7-5-6-11(2)9-12/h5-7,9H,3-4,8H2,1-2H3. The third-order valence-corrected chi connectivity index (χ3v) is 2.86. The van der Waals surface area contributed by atoms with Gasteiger partial charge in [-0.25, -0.2) is 4.68 Å². The largest absolute Gasteiger partial charge is 0.243 e. The van der Waals surface area contributed by atoms with E-state index in [1.165, 1.54) is 5.56 Å². The van der Waals surface area contributed by atoms with E-state index in [1.54, 1.807) is 0 Å². The fourth-order valence-corrected chi connectivity index (χ4v) is 1.93. The van der Waals surface area contributed by atoms with Crippen LogP contribution in [-0.2, 0) is 6.54 Å². The van der Waals surface area contributed by atoms with Gasteiger partial charge in [-0.05, 0) is 19.4 Å². The molecule has 4 heteroatoms. The van der Waals surface area contributed by atoms with Gasteiger partial charge in [0, 0.05) is 12.1 Å². The summed E-state index contributed by atoms with van der Waals surface area (Å²) in [4.78, 5) is 0. The molecule has 0 atom stereocenters. The zero-order valence-electron chi connectivity index (χ0n) is 10.7. The Balaban J connectivity index is 2.47. The Kier molecular flexibility index (Phi) is 3.73. The molecule has 0 fully saturated rings. The molecule has 0 aliphatic rings. The zero-order valence-corrected chi connectivity index (χ0v) is 10.7. The highest BCUT2D eigenvalue weighted by Crippen LogP contribution is 2.23. The first-order valence-electron chi connectivity index (χ1n) is 6.17. The molecule has 92 valence electrons. The molecule has 0 amide bonds. The molecular weight excluding hydrogens is 224 g/mol. The van der Waals surface area contributed by atoms with E-state index in [1.807, 2.05) is 29.8 Å². The van der Waals surface area contributed by atoms with Crippen molar-refractivity contribution in [2.75, 3.05) is 0 Å². The van der Waals surface area contributed by atoms with Crippen molar-refractivity contribution in [2.45, 2.75) is 33.2 Å². The minimum atomic E-state index is 0.400. The van der Waals surface area contributed by atoms with Crippen molar-refractivity contribution in [1.29, 1.82) is 5.26 Å². The van der Waals surface area contributed by atoms with E-state index < -0.39 is 0 Å². The Morgan fingerprint density at radius 3 is 2.89 bits per heavy atom. The van der Waals surface area contributed by atoms with Gasteiger partial charge in [-0.1, -0.05) is 42.3 Å². The molecule has 2 rings (SSSR count). The van der Waals surface area contributed by atoms with Crippen molar-refractivity contribution in [1.82, 2.24) is 15.0 Å². The van der Waals surface area contributed by atoms with Gasteiger partial charge in [-0.3, -0.25) is 0 Å². The van der Waals surface area contributed by atoms with Crippen LogP contribution < -0.4 is 0 Å². The summed E-state index contributed by atoms with van der Waals surface area (Å²) in [7, 11) is 0. The first kappa shape index (κ1) is 12.3. The van der Waals surface area contributed by atoms with E-state index in [4.69, 9.17) is 5.26 Å². The van der Waals surface area contributed by atoms with E-state index in [9.17, 15) is 0 Å². The molecule has 0 aliphatic carbocycles. The van der Waals surface area contributed by atoms with Crippen LogP contribution in [0.4, 0.5) is 0 Å². The van der Waals surface area contributed by atoms with Crippen LogP contribution in [0.1, 0.15) is 31.0 Å². The predicted molar refractivity (Wildman–Crippen MR) is 69.8 cm³/mol. The number of rotatable bonds is 4. The van der Waals surface area contributed by atoms with Crippen molar-refractivity contribution < 1.29 is 0 Å². The highest BCUT2D eigenvalue weighted by molar-refractivity contribution is 5.65. The molecule has 0 saturated heterocycles. The van der Waals surface area contributed by atoms with Gasteiger partial charge in [0.05, 0.1) is 0 Å². The summed E-state index contributed by atoms with van der Waals surface area (Å²) in [5.41, 5.74) is 3.40. The maximum absolute atomic E-state index is 9.12. The van der Waals surface area contributed by atoms with Crippen molar-refractivity contribution in [3.63, 3.8) is 0 Å². The topological polar surface area (TPSA) is 54.5 Å². The van der Waals surface area contributed by atoms with Crippen LogP contribution in [0, 0.1) is 18.3 Å². The number of hydrogen-bond donors (Lipinski definition) is 0. The molecule has 0 saturated carbocycles. The number of nitrogens with zero attached hydrogens (tertiary/aromatic N) is 4. The maximum Gasteiger partial charge on any atom is 0.190 e. The zero-order chi connectivity index (χ0) is 13.0. The van der Waals surface area contributed by atoms with Gasteiger partial charge in [-0.2, -0.15) is 5.26 Å². The molecule has 4 nitrogen and oxygen atoms in total. The summed E-state index contributed by atoms with van der Waals surface area (Å²) in [6, 6.07) is 10.2. The Morgan fingerprint density at radius 2 is 2.22 bits per heavy atom. The Bertz CT molecular complexity index is 578. The summed E-state index contributed by atoms with van der Waals surface area (Å²) < 4.78 is 1.83. The monoisotopic (exact) mass is 240 g/mol. The highest BCUT2D eigenvalue weighted by Gasteiger charge is 2.14. The molecule has 1 heterocycles. The normalized spacial score (nSPS) is 10.3. The van der Waals surface area contributed by atoms with Crippen LogP contribution in [0.5, 0.6) is 0 Å². The minimum Gasteiger partial charge on any atom is -0.243 e. The van der Waals surface area contributed by atoms with Crippen LogP contribution >= 0.6 is 0 Å². The van der Waals surface area contributed by atoms with Gasteiger partial charge < -0.3 is 0 Å². The smallest absolute Gasteiger partial charge is 0.190 e. The summed E-state index contributed by atoms with van der Waals surface area (Å²) in [6.07, 6.45) is 2.13. The predicted octanol–water partition coefficient (Wildman–Crippen LogP) is 2.93. The minimum absolute atomic E-state index is 0.400. The lowest BCUT2D eigenvalue weighted by molar-refractivity contribution is 0.557. The van der Waals surface area contributed by atoms with Gasteiger partial charge in [0.15, 0.2) is 5.69 Å². The molecule has 0 N–H and O–H groups in total. The van der Waals surface area contributed by atoms with Gasteiger partial charge in [-0.15, -0.1) is 5.10 Å². The molecule has 0 unspecified atom stereocenters. The molecule has 1 aromatic carbocycles. The first-order valence-corrected chi connectivity index (χ1v) is 6.17. The second-order valence-corrected chi connectivity index (χ2v) is 4.34. The summed E-state index contributed by atoms with van der Waals surface area (Å²) in [5, 5.41) is 17.1. The first-order chi connectivity index (χ1) is 8.76. The van der Waals surface area contributed by atoms with E-state index in [2.05, 4.69) is 29.4 Å². The average Bonchev–Trinajstić information content (AvgIpc) is 2.79. The Morgan fingerprint density at radius 1 is 1.39 bits per heavy atom. The lowest BCUT2D eigenvalue weighted by atomic mass is 10.1. The Hall–Kier alpha value is -2.15.